The molecule has 0 saturated carbocycles. The standard InChI is InChI=1S/C16H13F2NO3/c1-19(11-2-3-14-9(6-11)4-5-22-14)16(21)15-12(18)7-10(17)8-13(15)20/h2-3,6-8,20H,4-5H2,1H3. The van der Waals surface area contributed by atoms with Gasteiger partial charge in [0.2, 0.25) is 0 Å². The molecule has 0 fully saturated rings. The van der Waals surface area contributed by atoms with E-state index in [9.17, 15) is 18.7 Å². The van der Waals surface area contributed by atoms with Crippen molar-refractivity contribution >= 4 is 11.6 Å². The molecule has 0 spiro atoms. The van der Waals surface area contributed by atoms with E-state index in [1.54, 1.807) is 18.2 Å². The quantitative estimate of drug-likeness (QED) is 0.928. The second-order valence-electron chi connectivity index (χ2n) is 5.04. The van der Waals surface area contributed by atoms with Gasteiger partial charge in [0.05, 0.1) is 6.61 Å². The molecule has 0 unspecified atom stereocenters. The summed E-state index contributed by atoms with van der Waals surface area (Å²) in [5, 5.41) is 9.65. The van der Waals surface area contributed by atoms with Crippen LogP contribution in [-0.4, -0.2) is 24.7 Å². The summed E-state index contributed by atoms with van der Waals surface area (Å²) in [6.45, 7) is 0.587. The van der Waals surface area contributed by atoms with Crippen LogP contribution in [0.15, 0.2) is 30.3 Å². The van der Waals surface area contributed by atoms with E-state index in [-0.39, 0.29) is 0 Å². The van der Waals surface area contributed by atoms with Gasteiger partial charge in [0.25, 0.3) is 5.91 Å². The summed E-state index contributed by atoms with van der Waals surface area (Å²) < 4.78 is 32.2. The van der Waals surface area contributed by atoms with Crippen molar-refractivity contribution in [1.82, 2.24) is 0 Å². The number of rotatable bonds is 2. The predicted octanol–water partition coefficient (Wildman–Crippen LogP) is 2.88. The Balaban J connectivity index is 1.95. The summed E-state index contributed by atoms with van der Waals surface area (Å²) in [5.74, 6) is -2.75. The number of anilines is 1. The Hall–Kier alpha value is -2.63. The first-order chi connectivity index (χ1) is 10.5. The van der Waals surface area contributed by atoms with Crippen molar-refractivity contribution in [3.63, 3.8) is 0 Å². The number of nitrogens with zero attached hydrogens (tertiary/aromatic N) is 1. The van der Waals surface area contributed by atoms with Crippen LogP contribution in [0.3, 0.4) is 0 Å². The van der Waals surface area contributed by atoms with Gasteiger partial charge in [-0.05, 0) is 23.8 Å². The number of amides is 1. The van der Waals surface area contributed by atoms with E-state index in [2.05, 4.69) is 0 Å². The Morgan fingerprint density at radius 2 is 2.05 bits per heavy atom. The van der Waals surface area contributed by atoms with E-state index in [0.717, 1.165) is 17.7 Å². The molecular formula is C16H13F2NO3. The minimum Gasteiger partial charge on any atom is -0.507 e. The van der Waals surface area contributed by atoms with Crippen molar-refractivity contribution in [2.24, 2.45) is 0 Å². The van der Waals surface area contributed by atoms with Crippen LogP contribution in [0.2, 0.25) is 0 Å². The molecule has 0 aliphatic carbocycles. The molecule has 1 amide bonds. The van der Waals surface area contributed by atoms with Gasteiger partial charge in [-0.15, -0.1) is 0 Å². The lowest BCUT2D eigenvalue weighted by Gasteiger charge is -2.19. The van der Waals surface area contributed by atoms with Gasteiger partial charge in [-0.1, -0.05) is 0 Å². The Kier molecular flexibility index (Phi) is 3.44. The van der Waals surface area contributed by atoms with E-state index >= 15 is 0 Å². The molecular weight excluding hydrogens is 292 g/mol. The highest BCUT2D eigenvalue weighted by molar-refractivity contribution is 6.07. The van der Waals surface area contributed by atoms with Gasteiger partial charge in [-0.3, -0.25) is 4.79 Å². The van der Waals surface area contributed by atoms with E-state index in [1.165, 1.54) is 11.9 Å². The van der Waals surface area contributed by atoms with Crippen molar-refractivity contribution in [3.05, 3.63) is 53.1 Å². The van der Waals surface area contributed by atoms with Crippen LogP contribution in [0.1, 0.15) is 15.9 Å². The zero-order valence-electron chi connectivity index (χ0n) is 11.8. The molecule has 0 aromatic heterocycles. The number of phenols is 1. The summed E-state index contributed by atoms with van der Waals surface area (Å²) in [7, 11) is 1.46. The van der Waals surface area contributed by atoms with Crippen molar-refractivity contribution in [2.75, 3.05) is 18.6 Å². The second-order valence-corrected chi connectivity index (χ2v) is 5.04. The number of fused-ring (bicyclic) bond motifs is 1. The number of carbonyl (C=O) groups excluding carboxylic acids is 1. The Bertz CT molecular complexity index is 738. The molecule has 6 heteroatoms. The molecule has 4 nitrogen and oxygen atoms in total. The number of hydrogen-bond acceptors (Lipinski definition) is 3. The summed E-state index contributed by atoms with van der Waals surface area (Å²) in [6.07, 6.45) is 0.737. The second kappa shape index (κ2) is 5.29. The van der Waals surface area contributed by atoms with Crippen LogP contribution < -0.4 is 9.64 Å². The Morgan fingerprint density at radius 1 is 1.27 bits per heavy atom. The third-order valence-electron chi connectivity index (χ3n) is 3.61. The van der Waals surface area contributed by atoms with Gasteiger partial charge in [-0.2, -0.15) is 0 Å². The maximum Gasteiger partial charge on any atom is 0.264 e. The topological polar surface area (TPSA) is 49.8 Å². The van der Waals surface area contributed by atoms with Crippen LogP contribution in [0.25, 0.3) is 0 Å². The Labute approximate surface area is 125 Å². The molecule has 1 aliphatic heterocycles. The van der Waals surface area contributed by atoms with Crippen LogP contribution in [-0.2, 0) is 6.42 Å². The third-order valence-corrected chi connectivity index (χ3v) is 3.61. The van der Waals surface area contributed by atoms with E-state index in [0.29, 0.717) is 24.4 Å². The monoisotopic (exact) mass is 305 g/mol. The average Bonchev–Trinajstić information content (AvgIpc) is 2.92. The van der Waals surface area contributed by atoms with Gasteiger partial charge in [0.15, 0.2) is 0 Å². The molecule has 2 aromatic rings. The molecule has 2 aromatic carbocycles. The fraction of sp³-hybridized carbons (Fsp3) is 0.188. The largest absolute Gasteiger partial charge is 0.507 e. The summed E-state index contributed by atoms with van der Waals surface area (Å²) in [5.41, 5.74) is 0.943. The van der Waals surface area contributed by atoms with E-state index in [1.807, 2.05) is 0 Å². The highest BCUT2D eigenvalue weighted by Crippen LogP contribution is 2.31. The third kappa shape index (κ3) is 2.36. The van der Waals surface area contributed by atoms with Gasteiger partial charge in [0, 0.05) is 31.3 Å². The predicted molar refractivity (Wildman–Crippen MR) is 76.4 cm³/mol. The van der Waals surface area contributed by atoms with E-state index < -0.39 is 28.9 Å². The van der Waals surface area contributed by atoms with Crippen molar-refractivity contribution in [3.8, 4) is 11.5 Å². The van der Waals surface area contributed by atoms with Gasteiger partial charge < -0.3 is 14.7 Å². The number of ether oxygens (including phenoxy) is 1. The van der Waals surface area contributed by atoms with Crippen molar-refractivity contribution in [1.29, 1.82) is 0 Å². The number of phenolic OH excluding ortho intramolecular Hbond substituents is 1. The molecule has 0 radical (unpaired) electrons. The van der Waals surface area contributed by atoms with E-state index in [4.69, 9.17) is 4.74 Å². The van der Waals surface area contributed by atoms with Crippen LogP contribution in [0.4, 0.5) is 14.5 Å². The molecule has 114 valence electrons. The number of hydrogen-bond donors (Lipinski definition) is 1. The highest BCUT2D eigenvalue weighted by atomic mass is 19.1. The van der Waals surface area contributed by atoms with Gasteiger partial charge >= 0.3 is 0 Å². The summed E-state index contributed by atoms with van der Waals surface area (Å²) in [6, 6.07) is 6.46. The fourth-order valence-electron chi connectivity index (χ4n) is 2.44. The fourth-order valence-corrected chi connectivity index (χ4v) is 2.44. The number of halogens is 2. The smallest absolute Gasteiger partial charge is 0.264 e. The first-order valence-electron chi connectivity index (χ1n) is 6.69. The number of carbonyl (C=O) groups is 1. The highest BCUT2D eigenvalue weighted by Gasteiger charge is 2.23. The lowest BCUT2D eigenvalue weighted by atomic mass is 10.1. The molecule has 0 atom stereocenters. The van der Waals surface area contributed by atoms with Crippen molar-refractivity contribution < 1.29 is 23.4 Å². The van der Waals surface area contributed by atoms with Gasteiger partial charge in [0.1, 0.15) is 28.7 Å². The number of benzene rings is 2. The molecule has 0 saturated heterocycles. The SMILES string of the molecule is CN(C(=O)c1c(O)cc(F)cc1F)c1ccc2c(c1)CCO2. The first kappa shape index (κ1) is 14.3. The first-order valence-corrected chi connectivity index (χ1v) is 6.69. The lowest BCUT2D eigenvalue weighted by molar-refractivity contribution is 0.0986. The van der Waals surface area contributed by atoms with Crippen molar-refractivity contribution in [2.45, 2.75) is 6.42 Å². The van der Waals surface area contributed by atoms with Gasteiger partial charge in [-0.25, -0.2) is 8.78 Å². The molecule has 1 heterocycles. The average molecular weight is 305 g/mol. The number of aromatic hydroxyl groups is 1. The summed E-state index contributed by atoms with van der Waals surface area (Å²) in [4.78, 5) is 13.6. The normalized spacial score (nSPS) is 12.7. The summed E-state index contributed by atoms with van der Waals surface area (Å²) >= 11 is 0. The zero-order chi connectivity index (χ0) is 15.9. The maximum atomic E-state index is 13.8. The van der Waals surface area contributed by atoms with Crippen LogP contribution >= 0.6 is 0 Å². The molecule has 22 heavy (non-hydrogen) atoms. The lowest BCUT2D eigenvalue weighted by Crippen LogP contribution is -2.27. The molecule has 0 bridgehead atoms. The molecule has 1 aliphatic rings. The van der Waals surface area contributed by atoms with Crippen LogP contribution in [0.5, 0.6) is 11.5 Å². The minimum atomic E-state index is -1.10. The zero-order valence-corrected chi connectivity index (χ0v) is 11.8. The Morgan fingerprint density at radius 3 is 2.77 bits per heavy atom. The van der Waals surface area contributed by atoms with Crippen LogP contribution in [0, 0.1) is 11.6 Å². The maximum absolute atomic E-state index is 13.8. The molecule has 1 N–H and O–H groups in total. The molecule has 3 rings (SSSR count). The minimum absolute atomic E-state index is 0.539.